The summed E-state index contributed by atoms with van der Waals surface area (Å²) in [4.78, 5) is 21.8. The van der Waals surface area contributed by atoms with Crippen LogP contribution in [0.1, 0.15) is 61.3 Å². The first-order chi connectivity index (χ1) is 13.3. The Morgan fingerprint density at radius 3 is 2.67 bits per heavy atom. The number of aromatic nitrogens is 2. The van der Waals surface area contributed by atoms with Gasteiger partial charge in [-0.3, -0.25) is 4.79 Å². The molecule has 6 heteroatoms. The summed E-state index contributed by atoms with van der Waals surface area (Å²) >= 11 is 0. The zero-order valence-corrected chi connectivity index (χ0v) is 16.1. The highest BCUT2D eigenvalue weighted by Gasteiger charge is 2.30. The predicted octanol–water partition coefficient (Wildman–Crippen LogP) is 3.40. The number of hydrogen-bond donors (Lipinski definition) is 0. The third-order valence-corrected chi connectivity index (χ3v) is 5.83. The van der Waals surface area contributed by atoms with Gasteiger partial charge < -0.3 is 18.8 Å². The number of hydrogen-bond acceptors (Lipinski definition) is 4. The fourth-order valence-corrected chi connectivity index (χ4v) is 4.35. The number of carbonyl (C=O) groups is 1. The molecular weight excluding hydrogens is 340 g/mol. The molecule has 0 aliphatic carbocycles. The molecule has 4 heterocycles. The zero-order valence-electron chi connectivity index (χ0n) is 16.1. The van der Waals surface area contributed by atoms with Gasteiger partial charge in [-0.25, -0.2) is 4.98 Å². The van der Waals surface area contributed by atoms with E-state index in [1.807, 2.05) is 22.9 Å². The van der Waals surface area contributed by atoms with Gasteiger partial charge in [0.1, 0.15) is 5.76 Å². The Bertz CT molecular complexity index is 716. The van der Waals surface area contributed by atoms with Crippen LogP contribution in [0.5, 0.6) is 0 Å². The molecule has 2 aromatic heterocycles. The summed E-state index contributed by atoms with van der Waals surface area (Å²) in [5.41, 5.74) is 0. The van der Waals surface area contributed by atoms with Gasteiger partial charge >= 0.3 is 0 Å². The standard InChI is InChI=1S/C21H30N4O2/c26-21(20-9-8-19(27-20)16-24-14-10-22-17-24)25-13-6-3-7-18(25)15-23-11-4-1-2-5-12-23/h8-10,14,17-18H,1-7,11-13,15-16H2/t18-/m0/s1. The smallest absolute Gasteiger partial charge is 0.289 e. The Hall–Kier alpha value is -2.08. The SMILES string of the molecule is O=C(c1ccc(Cn2ccnc2)o1)N1CCCC[C@H]1CN1CCCCCC1. The second-order valence-corrected chi connectivity index (χ2v) is 7.86. The number of likely N-dealkylation sites (tertiary alicyclic amines) is 2. The first-order valence-corrected chi connectivity index (χ1v) is 10.4. The van der Waals surface area contributed by atoms with Crippen molar-refractivity contribution in [3.8, 4) is 0 Å². The van der Waals surface area contributed by atoms with Crippen LogP contribution in [0.25, 0.3) is 0 Å². The molecule has 27 heavy (non-hydrogen) atoms. The lowest BCUT2D eigenvalue weighted by Gasteiger charge is -2.38. The summed E-state index contributed by atoms with van der Waals surface area (Å²) in [5, 5.41) is 0. The van der Waals surface area contributed by atoms with Crippen LogP contribution in [-0.2, 0) is 6.54 Å². The molecule has 0 radical (unpaired) electrons. The van der Waals surface area contributed by atoms with E-state index in [1.165, 1.54) is 45.2 Å². The van der Waals surface area contributed by atoms with Crippen molar-refractivity contribution in [2.75, 3.05) is 26.2 Å². The first kappa shape index (κ1) is 18.3. The summed E-state index contributed by atoms with van der Waals surface area (Å²) in [5.74, 6) is 1.30. The van der Waals surface area contributed by atoms with E-state index in [-0.39, 0.29) is 5.91 Å². The molecule has 0 N–H and O–H groups in total. The van der Waals surface area contributed by atoms with Gasteiger partial charge in [0, 0.05) is 31.5 Å². The van der Waals surface area contributed by atoms with Crippen molar-refractivity contribution in [2.24, 2.45) is 0 Å². The van der Waals surface area contributed by atoms with Gasteiger partial charge in [0.15, 0.2) is 5.76 Å². The van der Waals surface area contributed by atoms with E-state index in [0.717, 1.165) is 31.7 Å². The van der Waals surface area contributed by atoms with E-state index in [9.17, 15) is 4.79 Å². The van der Waals surface area contributed by atoms with Gasteiger partial charge in [-0.15, -0.1) is 0 Å². The molecule has 2 fully saturated rings. The zero-order chi connectivity index (χ0) is 18.5. The first-order valence-electron chi connectivity index (χ1n) is 10.4. The molecule has 2 aliphatic heterocycles. The Morgan fingerprint density at radius 1 is 1.07 bits per heavy atom. The second kappa shape index (κ2) is 8.74. The molecule has 0 spiro atoms. The van der Waals surface area contributed by atoms with Crippen LogP contribution in [-0.4, -0.2) is 57.5 Å². The van der Waals surface area contributed by atoms with Crippen molar-refractivity contribution in [3.63, 3.8) is 0 Å². The lowest BCUT2D eigenvalue weighted by molar-refractivity contribution is 0.0514. The van der Waals surface area contributed by atoms with Crippen molar-refractivity contribution in [2.45, 2.75) is 57.5 Å². The molecule has 2 saturated heterocycles. The number of carbonyl (C=O) groups excluding carboxylic acids is 1. The third-order valence-electron chi connectivity index (χ3n) is 5.83. The van der Waals surface area contributed by atoms with Gasteiger partial charge in [-0.1, -0.05) is 12.8 Å². The van der Waals surface area contributed by atoms with E-state index in [4.69, 9.17) is 4.42 Å². The predicted molar refractivity (Wildman–Crippen MR) is 104 cm³/mol. The maximum Gasteiger partial charge on any atom is 0.289 e. The molecule has 0 saturated carbocycles. The minimum absolute atomic E-state index is 0.0476. The normalized spacial score (nSPS) is 21.9. The maximum atomic E-state index is 13.1. The number of imidazole rings is 1. The van der Waals surface area contributed by atoms with Crippen LogP contribution in [0.15, 0.2) is 35.3 Å². The maximum absolute atomic E-state index is 13.1. The van der Waals surface area contributed by atoms with Crippen molar-refractivity contribution in [1.29, 1.82) is 0 Å². The fourth-order valence-electron chi connectivity index (χ4n) is 4.35. The Balaban J connectivity index is 1.41. The number of nitrogens with zero attached hydrogens (tertiary/aromatic N) is 4. The van der Waals surface area contributed by atoms with E-state index in [2.05, 4.69) is 14.8 Å². The molecule has 2 aromatic rings. The van der Waals surface area contributed by atoms with Gasteiger partial charge in [0.25, 0.3) is 5.91 Å². The van der Waals surface area contributed by atoms with Crippen molar-refractivity contribution >= 4 is 5.91 Å². The Labute approximate surface area is 161 Å². The monoisotopic (exact) mass is 370 g/mol. The molecule has 0 bridgehead atoms. The summed E-state index contributed by atoms with van der Waals surface area (Å²) < 4.78 is 7.82. The van der Waals surface area contributed by atoms with Crippen LogP contribution >= 0.6 is 0 Å². The van der Waals surface area contributed by atoms with Crippen molar-refractivity contribution in [1.82, 2.24) is 19.4 Å². The number of rotatable bonds is 5. The molecule has 146 valence electrons. The number of piperidine rings is 1. The van der Waals surface area contributed by atoms with Gasteiger partial charge in [0.05, 0.1) is 12.9 Å². The molecule has 1 atom stereocenters. The fraction of sp³-hybridized carbons (Fsp3) is 0.619. The highest BCUT2D eigenvalue weighted by Crippen LogP contribution is 2.23. The second-order valence-electron chi connectivity index (χ2n) is 7.86. The highest BCUT2D eigenvalue weighted by molar-refractivity contribution is 5.91. The Morgan fingerprint density at radius 2 is 1.89 bits per heavy atom. The molecule has 1 amide bonds. The lowest BCUT2D eigenvalue weighted by Crippen LogP contribution is -2.49. The van der Waals surface area contributed by atoms with Crippen molar-refractivity contribution in [3.05, 3.63) is 42.4 Å². The summed E-state index contributed by atoms with van der Waals surface area (Å²) in [7, 11) is 0. The molecule has 6 nitrogen and oxygen atoms in total. The number of amides is 1. The average molecular weight is 370 g/mol. The van der Waals surface area contributed by atoms with E-state index >= 15 is 0 Å². The summed E-state index contributed by atoms with van der Waals surface area (Å²) in [6, 6.07) is 4.04. The molecule has 2 aliphatic rings. The van der Waals surface area contributed by atoms with Crippen LogP contribution in [0.3, 0.4) is 0 Å². The minimum Gasteiger partial charge on any atom is -0.454 e. The van der Waals surface area contributed by atoms with Gasteiger partial charge in [-0.05, 0) is 57.3 Å². The topological polar surface area (TPSA) is 54.5 Å². The average Bonchev–Trinajstić information content (AvgIpc) is 3.30. The van der Waals surface area contributed by atoms with E-state index in [0.29, 0.717) is 18.3 Å². The Kier molecular flexibility index (Phi) is 5.92. The van der Waals surface area contributed by atoms with Gasteiger partial charge in [0.2, 0.25) is 0 Å². The van der Waals surface area contributed by atoms with E-state index < -0.39 is 0 Å². The lowest BCUT2D eigenvalue weighted by atomic mass is 10.0. The van der Waals surface area contributed by atoms with Crippen LogP contribution in [0.2, 0.25) is 0 Å². The quantitative estimate of drug-likeness (QED) is 0.809. The summed E-state index contributed by atoms with van der Waals surface area (Å²) in [6.07, 6.45) is 14.1. The number of furan rings is 1. The van der Waals surface area contributed by atoms with Crippen molar-refractivity contribution < 1.29 is 9.21 Å². The molecule has 4 rings (SSSR count). The van der Waals surface area contributed by atoms with E-state index in [1.54, 1.807) is 12.5 Å². The van der Waals surface area contributed by atoms with Gasteiger partial charge in [-0.2, -0.15) is 0 Å². The third kappa shape index (κ3) is 4.61. The van der Waals surface area contributed by atoms with Crippen LogP contribution < -0.4 is 0 Å². The largest absolute Gasteiger partial charge is 0.454 e. The molecule has 0 unspecified atom stereocenters. The minimum atomic E-state index is 0.0476. The van der Waals surface area contributed by atoms with Crippen LogP contribution in [0, 0.1) is 0 Å². The van der Waals surface area contributed by atoms with Crippen LogP contribution in [0.4, 0.5) is 0 Å². The highest BCUT2D eigenvalue weighted by atomic mass is 16.4. The summed E-state index contributed by atoms with van der Waals surface area (Å²) in [6.45, 7) is 4.80. The molecular formula is C21H30N4O2. The molecule has 0 aromatic carbocycles.